The molecule has 2 aromatic rings. The highest BCUT2D eigenvalue weighted by atomic mass is 32.1. The number of carbonyl (C=O) groups is 1. The molecule has 2 rings (SSSR count). The average molecular weight is 293 g/mol. The smallest absolute Gasteiger partial charge is 0.323 e. The molecule has 108 valence electrons. The monoisotopic (exact) mass is 293 g/mol. The molecular formula is C14H19N3O2S. The van der Waals surface area contributed by atoms with Gasteiger partial charge >= 0.3 is 5.97 Å². The minimum Gasteiger partial charge on any atom is -0.480 e. The van der Waals surface area contributed by atoms with Crippen molar-refractivity contribution in [3.8, 4) is 0 Å². The van der Waals surface area contributed by atoms with Gasteiger partial charge < -0.3 is 10.0 Å². The van der Waals surface area contributed by atoms with Crippen molar-refractivity contribution in [2.75, 3.05) is 11.4 Å². The standard InChI is InChI=1S/C14H19N3O2S/c1-8-9(2)20-13-11(8)12(15-7-16-13)17(6-10(18)19)14(3,4)5/h7H,6H2,1-5H3,(H,18,19). The molecule has 0 amide bonds. The van der Waals surface area contributed by atoms with Gasteiger partial charge in [-0.1, -0.05) is 0 Å². The van der Waals surface area contributed by atoms with Gasteiger partial charge in [-0.05, 0) is 40.2 Å². The highest BCUT2D eigenvalue weighted by molar-refractivity contribution is 7.18. The Bertz CT molecular complexity index is 658. The van der Waals surface area contributed by atoms with Crippen LogP contribution in [0.4, 0.5) is 5.82 Å². The van der Waals surface area contributed by atoms with Crippen LogP contribution in [-0.4, -0.2) is 33.1 Å². The van der Waals surface area contributed by atoms with Crippen molar-refractivity contribution in [1.29, 1.82) is 0 Å². The lowest BCUT2D eigenvalue weighted by Gasteiger charge is -2.35. The maximum atomic E-state index is 11.2. The Hall–Kier alpha value is -1.69. The molecule has 0 bridgehead atoms. The van der Waals surface area contributed by atoms with Crippen LogP contribution in [0.2, 0.25) is 0 Å². The summed E-state index contributed by atoms with van der Waals surface area (Å²) in [6.07, 6.45) is 1.51. The average Bonchev–Trinajstić information content (AvgIpc) is 2.61. The maximum absolute atomic E-state index is 11.2. The number of hydrogen-bond donors (Lipinski definition) is 1. The summed E-state index contributed by atoms with van der Waals surface area (Å²) in [4.78, 5) is 23.7. The first-order chi connectivity index (χ1) is 9.21. The van der Waals surface area contributed by atoms with Gasteiger partial charge in [-0.15, -0.1) is 11.3 Å². The summed E-state index contributed by atoms with van der Waals surface area (Å²) in [7, 11) is 0. The van der Waals surface area contributed by atoms with Gasteiger partial charge in [0.15, 0.2) is 0 Å². The predicted molar refractivity (Wildman–Crippen MR) is 81.6 cm³/mol. The fourth-order valence-corrected chi connectivity index (χ4v) is 3.12. The van der Waals surface area contributed by atoms with Gasteiger partial charge in [-0.2, -0.15) is 0 Å². The number of anilines is 1. The van der Waals surface area contributed by atoms with E-state index in [0.29, 0.717) is 5.82 Å². The highest BCUT2D eigenvalue weighted by Gasteiger charge is 2.28. The third-order valence-corrected chi connectivity index (χ3v) is 4.42. The summed E-state index contributed by atoms with van der Waals surface area (Å²) in [5, 5.41) is 10.1. The van der Waals surface area contributed by atoms with Crippen molar-refractivity contribution in [1.82, 2.24) is 9.97 Å². The summed E-state index contributed by atoms with van der Waals surface area (Å²) in [5.74, 6) is -0.164. The molecule has 5 nitrogen and oxygen atoms in total. The normalized spacial score (nSPS) is 11.8. The second-order valence-corrected chi connectivity index (χ2v) is 7.01. The number of thiophene rings is 1. The quantitative estimate of drug-likeness (QED) is 0.942. The number of aromatic nitrogens is 2. The molecule has 1 N–H and O–H groups in total. The number of nitrogens with zero attached hydrogens (tertiary/aromatic N) is 3. The Morgan fingerprint density at radius 1 is 1.35 bits per heavy atom. The van der Waals surface area contributed by atoms with E-state index in [0.717, 1.165) is 15.8 Å². The minimum absolute atomic E-state index is 0.0794. The SMILES string of the molecule is Cc1sc2ncnc(N(CC(=O)O)C(C)(C)C)c2c1C. The Kier molecular flexibility index (Phi) is 3.69. The summed E-state index contributed by atoms with van der Waals surface area (Å²) >= 11 is 1.61. The fraction of sp³-hybridized carbons (Fsp3) is 0.500. The number of aliphatic carboxylic acids is 1. The van der Waals surface area contributed by atoms with Crippen LogP contribution in [0.25, 0.3) is 10.2 Å². The number of hydrogen-bond acceptors (Lipinski definition) is 5. The number of rotatable bonds is 3. The Labute approximate surface area is 122 Å². The van der Waals surface area contributed by atoms with Gasteiger partial charge in [-0.3, -0.25) is 4.79 Å². The number of fused-ring (bicyclic) bond motifs is 1. The summed E-state index contributed by atoms with van der Waals surface area (Å²) in [6.45, 7) is 9.95. The van der Waals surface area contributed by atoms with E-state index < -0.39 is 5.97 Å². The summed E-state index contributed by atoms with van der Waals surface area (Å²) in [5.41, 5.74) is 0.794. The van der Waals surface area contributed by atoms with E-state index in [2.05, 4.69) is 9.97 Å². The molecule has 0 saturated carbocycles. The van der Waals surface area contributed by atoms with E-state index in [1.807, 2.05) is 39.5 Å². The lowest BCUT2D eigenvalue weighted by molar-refractivity contribution is -0.135. The van der Waals surface area contributed by atoms with Gasteiger partial charge in [0.25, 0.3) is 0 Å². The van der Waals surface area contributed by atoms with Crippen molar-refractivity contribution in [3.63, 3.8) is 0 Å². The van der Waals surface area contributed by atoms with Gasteiger partial charge in [-0.25, -0.2) is 9.97 Å². The molecule has 0 saturated heterocycles. The third kappa shape index (κ3) is 2.60. The summed E-state index contributed by atoms with van der Waals surface area (Å²) in [6, 6.07) is 0. The molecule has 0 unspecified atom stereocenters. The van der Waals surface area contributed by atoms with Crippen LogP contribution >= 0.6 is 11.3 Å². The van der Waals surface area contributed by atoms with Crippen molar-refractivity contribution in [3.05, 3.63) is 16.8 Å². The van der Waals surface area contributed by atoms with Crippen LogP contribution < -0.4 is 4.90 Å². The zero-order valence-corrected chi connectivity index (χ0v) is 13.2. The van der Waals surface area contributed by atoms with Crippen LogP contribution in [0.5, 0.6) is 0 Å². The molecule has 0 aromatic carbocycles. The van der Waals surface area contributed by atoms with Crippen LogP contribution in [0, 0.1) is 13.8 Å². The molecule has 0 radical (unpaired) electrons. The molecule has 0 spiro atoms. The van der Waals surface area contributed by atoms with Gasteiger partial charge in [0, 0.05) is 10.4 Å². The first-order valence-corrected chi connectivity index (χ1v) is 7.23. The van der Waals surface area contributed by atoms with Crippen molar-refractivity contribution < 1.29 is 9.90 Å². The second kappa shape index (κ2) is 5.01. The van der Waals surface area contributed by atoms with Gasteiger partial charge in [0.1, 0.15) is 23.5 Å². The number of carboxylic acid groups (broad SMARTS) is 1. The lowest BCUT2D eigenvalue weighted by Crippen LogP contribution is -2.45. The van der Waals surface area contributed by atoms with E-state index in [1.54, 1.807) is 11.3 Å². The lowest BCUT2D eigenvalue weighted by atomic mass is 10.0. The topological polar surface area (TPSA) is 66.3 Å². The molecule has 2 heterocycles. The van der Waals surface area contributed by atoms with Crippen molar-refractivity contribution >= 4 is 33.3 Å². The molecule has 0 fully saturated rings. The van der Waals surface area contributed by atoms with Crippen molar-refractivity contribution in [2.24, 2.45) is 0 Å². The molecule has 20 heavy (non-hydrogen) atoms. The van der Waals surface area contributed by atoms with E-state index in [4.69, 9.17) is 0 Å². The Morgan fingerprint density at radius 3 is 2.55 bits per heavy atom. The van der Waals surface area contributed by atoms with Crippen LogP contribution in [0.15, 0.2) is 6.33 Å². The molecule has 0 atom stereocenters. The second-order valence-electron chi connectivity index (χ2n) is 5.81. The van der Waals surface area contributed by atoms with Crippen LogP contribution in [0.1, 0.15) is 31.2 Å². The van der Waals surface area contributed by atoms with E-state index >= 15 is 0 Å². The predicted octanol–water partition coefficient (Wildman–Crippen LogP) is 3.00. The van der Waals surface area contributed by atoms with E-state index in [1.165, 1.54) is 11.2 Å². The molecule has 0 aliphatic heterocycles. The van der Waals surface area contributed by atoms with Crippen LogP contribution in [-0.2, 0) is 4.79 Å². The fourth-order valence-electron chi connectivity index (χ4n) is 2.13. The number of aryl methyl sites for hydroxylation is 2. The first-order valence-electron chi connectivity index (χ1n) is 6.42. The van der Waals surface area contributed by atoms with E-state index in [-0.39, 0.29) is 12.1 Å². The Balaban J connectivity index is 2.67. The first kappa shape index (κ1) is 14.7. The zero-order chi connectivity index (χ0) is 15.1. The molecule has 6 heteroatoms. The van der Waals surface area contributed by atoms with Gasteiger partial charge in [0.05, 0.1) is 5.39 Å². The van der Waals surface area contributed by atoms with Crippen LogP contribution in [0.3, 0.4) is 0 Å². The summed E-state index contributed by atoms with van der Waals surface area (Å²) < 4.78 is 0. The minimum atomic E-state index is -0.865. The third-order valence-electron chi connectivity index (χ3n) is 3.30. The molecular weight excluding hydrogens is 274 g/mol. The zero-order valence-electron chi connectivity index (χ0n) is 12.4. The van der Waals surface area contributed by atoms with Gasteiger partial charge in [0.2, 0.25) is 0 Å². The largest absolute Gasteiger partial charge is 0.480 e. The van der Waals surface area contributed by atoms with E-state index in [9.17, 15) is 9.90 Å². The number of carboxylic acids is 1. The molecule has 0 aliphatic rings. The highest BCUT2D eigenvalue weighted by Crippen LogP contribution is 2.36. The Morgan fingerprint density at radius 2 is 2.00 bits per heavy atom. The molecule has 2 aromatic heterocycles. The maximum Gasteiger partial charge on any atom is 0.323 e. The van der Waals surface area contributed by atoms with Crippen molar-refractivity contribution in [2.45, 2.75) is 40.2 Å². The molecule has 0 aliphatic carbocycles.